The van der Waals surface area contributed by atoms with Gasteiger partial charge in [-0.3, -0.25) is 4.98 Å². The van der Waals surface area contributed by atoms with E-state index in [4.69, 9.17) is 33.3 Å². The molecule has 1 aliphatic rings. The zero-order chi connectivity index (χ0) is 25.1. The molecule has 0 saturated carbocycles. The van der Waals surface area contributed by atoms with Crippen LogP contribution in [0.15, 0.2) is 85.2 Å². The molecule has 2 atom stereocenters. The van der Waals surface area contributed by atoms with Crippen molar-refractivity contribution in [1.29, 1.82) is 0 Å². The Kier molecular flexibility index (Phi) is 7.18. The molecule has 0 aliphatic carbocycles. The normalized spacial score (nSPS) is 17.3. The molecule has 0 spiro atoms. The van der Waals surface area contributed by atoms with E-state index in [1.165, 1.54) is 6.07 Å². The van der Waals surface area contributed by atoms with Gasteiger partial charge < -0.3 is 24.3 Å². The number of benzene rings is 2. The second-order valence-corrected chi connectivity index (χ2v) is 9.00. The number of anilines is 1. The average Bonchev–Trinajstić information content (AvgIpc) is 3.50. The summed E-state index contributed by atoms with van der Waals surface area (Å²) in [6, 6.07) is 21.3. The van der Waals surface area contributed by atoms with E-state index < -0.39 is 0 Å². The smallest absolute Gasteiger partial charge is 0.174 e. The van der Waals surface area contributed by atoms with E-state index >= 15 is 0 Å². The van der Waals surface area contributed by atoms with E-state index in [1.54, 1.807) is 25.4 Å². The van der Waals surface area contributed by atoms with Crippen molar-refractivity contribution in [1.82, 2.24) is 14.9 Å². The SMILES string of the molecule is COCCOc1ccc(N2C(=S)NC(c3ccccn3)C2c2cccn2-c2ccccc2F)cc1Cl. The molecule has 3 heterocycles. The maximum Gasteiger partial charge on any atom is 0.174 e. The fourth-order valence-electron chi connectivity index (χ4n) is 4.43. The van der Waals surface area contributed by atoms with Crippen LogP contribution >= 0.6 is 23.8 Å². The number of hydrogen-bond donors (Lipinski definition) is 1. The van der Waals surface area contributed by atoms with E-state index in [0.29, 0.717) is 34.8 Å². The summed E-state index contributed by atoms with van der Waals surface area (Å²) >= 11 is 12.4. The molecule has 1 fully saturated rings. The van der Waals surface area contributed by atoms with Gasteiger partial charge in [-0.25, -0.2) is 4.39 Å². The summed E-state index contributed by atoms with van der Waals surface area (Å²) in [7, 11) is 1.62. The van der Waals surface area contributed by atoms with Crippen LogP contribution in [0.25, 0.3) is 5.69 Å². The molecule has 36 heavy (non-hydrogen) atoms. The monoisotopic (exact) mass is 522 g/mol. The molecule has 184 valence electrons. The van der Waals surface area contributed by atoms with Gasteiger partial charge in [-0.15, -0.1) is 0 Å². The molecule has 1 aliphatic heterocycles. The number of aromatic nitrogens is 2. The minimum absolute atomic E-state index is 0.282. The first-order valence-corrected chi connectivity index (χ1v) is 12.2. The maximum absolute atomic E-state index is 14.8. The predicted octanol–water partition coefficient (Wildman–Crippen LogP) is 5.87. The van der Waals surface area contributed by atoms with Gasteiger partial charge >= 0.3 is 0 Å². The number of thiocarbonyl (C=S) groups is 1. The maximum atomic E-state index is 14.8. The molecule has 4 aromatic rings. The van der Waals surface area contributed by atoms with Gasteiger partial charge in [-0.2, -0.15) is 0 Å². The van der Waals surface area contributed by atoms with Crippen molar-refractivity contribution in [2.24, 2.45) is 0 Å². The Morgan fingerprint density at radius 1 is 1.06 bits per heavy atom. The van der Waals surface area contributed by atoms with E-state index in [0.717, 1.165) is 17.1 Å². The largest absolute Gasteiger partial charge is 0.490 e. The fraction of sp³-hybridized carbons (Fsp3) is 0.185. The molecule has 2 aromatic heterocycles. The molecule has 0 bridgehead atoms. The Morgan fingerprint density at radius 3 is 2.64 bits per heavy atom. The van der Waals surface area contributed by atoms with Crippen molar-refractivity contribution < 1.29 is 13.9 Å². The van der Waals surface area contributed by atoms with Crippen LogP contribution in [-0.4, -0.2) is 35.0 Å². The van der Waals surface area contributed by atoms with Crippen LogP contribution in [0.1, 0.15) is 23.5 Å². The lowest BCUT2D eigenvalue weighted by Gasteiger charge is -2.29. The van der Waals surface area contributed by atoms with E-state index in [-0.39, 0.29) is 17.9 Å². The van der Waals surface area contributed by atoms with E-state index in [2.05, 4.69) is 10.3 Å². The van der Waals surface area contributed by atoms with Crippen molar-refractivity contribution in [3.63, 3.8) is 0 Å². The molecule has 6 nitrogen and oxygen atoms in total. The number of nitrogens with zero attached hydrogens (tertiary/aromatic N) is 3. The second-order valence-electron chi connectivity index (χ2n) is 8.21. The third-order valence-corrected chi connectivity index (χ3v) is 6.64. The van der Waals surface area contributed by atoms with Crippen molar-refractivity contribution >= 4 is 34.6 Å². The summed E-state index contributed by atoms with van der Waals surface area (Å²) in [6.45, 7) is 0.846. The van der Waals surface area contributed by atoms with Crippen LogP contribution in [0, 0.1) is 5.82 Å². The molecule has 9 heteroatoms. The van der Waals surface area contributed by atoms with Gasteiger partial charge in [0.25, 0.3) is 0 Å². The minimum Gasteiger partial charge on any atom is -0.490 e. The summed E-state index contributed by atoms with van der Waals surface area (Å²) in [5.74, 6) is 0.244. The lowest BCUT2D eigenvalue weighted by atomic mass is 10.0. The zero-order valence-corrected chi connectivity index (χ0v) is 21.0. The minimum atomic E-state index is -0.335. The third-order valence-electron chi connectivity index (χ3n) is 6.03. The van der Waals surface area contributed by atoms with Gasteiger partial charge in [0.1, 0.15) is 24.2 Å². The number of nitrogens with one attached hydrogen (secondary N) is 1. The third kappa shape index (κ3) is 4.67. The number of ether oxygens (including phenoxy) is 2. The summed E-state index contributed by atoms with van der Waals surface area (Å²) in [5, 5.41) is 4.39. The Hall–Kier alpha value is -3.46. The first-order chi connectivity index (χ1) is 17.6. The summed E-state index contributed by atoms with van der Waals surface area (Å²) in [4.78, 5) is 6.58. The van der Waals surface area contributed by atoms with Crippen molar-refractivity contribution in [2.45, 2.75) is 12.1 Å². The lowest BCUT2D eigenvalue weighted by molar-refractivity contribution is 0.146. The molecule has 2 unspecified atom stereocenters. The van der Waals surface area contributed by atoms with Gasteiger partial charge in [0.15, 0.2) is 5.11 Å². The van der Waals surface area contributed by atoms with Crippen LogP contribution in [0.4, 0.5) is 10.1 Å². The fourth-order valence-corrected chi connectivity index (χ4v) is 5.00. The topological polar surface area (TPSA) is 51.6 Å². The Bertz CT molecular complexity index is 1370. The number of rotatable bonds is 8. The van der Waals surface area contributed by atoms with Crippen LogP contribution in [-0.2, 0) is 4.74 Å². The highest BCUT2D eigenvalue weighted by molar-refractivity contribution is 7.80. The molecule has 0 radical (unpaired) electrons. The second kappa shape index (κ2) is 10.7. The predicted molar refractivity (Wildman–Crippen MR) is 142 cm³/mol. The highest BCUT2D eigenvalue weighted by Crippen LogP contribution is 2.43. The Morgan fingerprint density at radius 2 is 1.89 bits per heavy atom. The van der Waals surface area contributed by atoms with E-state index in [1.807, 2.05) is 70.3 Å². The molecule has 2 aromatic carbocycles. The van der Waals surface area contributed by atoms with Gasteiger partial charge in [-0.1, -0.05) is 29.8 Å². The first-order valence-electron chi connectivity index (χ1n) is 11.4. The summed E-state index contributed by atoms with van der Waals surface area (Å²) < 4.78 is 27.5. The standard InChI is InChI=1S/C27H24ClFN4O2S/c1-34-15-16-35-24-12-11-18(17-19(24)28)33-26(25(31-27(33)36)21-8-4-5-13-30-21)23-10-6-14-32(23)22-9-3-2-7-20(22)29/h2-14,17,25-26H,15-16H2,1H3,(H,31,36). The molecule has 0 amide bonds. The van der Waals surface area contributed by atoms with Crippen LogP contribution in [0.5, 0.6) is 5.75 Å². The van der Waals surface area contributed by atoms with Crippen LogP contribution < -0.4 is 15.0 Å². The van der Waals surface area contributed by atoms with Gasteiger partial charge in [-0.05, 0) is 66.8 Å². The molecular formula is C27H24ClFN4O2S. The zero-order valence-electron chi connectivity index (χ0n) is 19.5. The number of halogens is 2. The summed E-state index contributed by atoms with van der Waals surface area (Å²) in [6.07, 6.45) is 3.60. The molecule has 5 rings (SSSR count). The summed E-state index contributed by atoms with van der Waals surface area (Å²) in [5.41, 5.74) is 2.90. The van der Waals surface area contributed by atoms with Crippen molar-refractivity contribution in [2.75, 3.05) is 25.2 Å². The lowest BCUT2D eigenvalue weighted by Crippen LogP contribution is -2.30. The number of hydrogen-bond acceptors (Lipinski definition) is 4. The van der Waals surface area contributed by atoms with Crippen LogP contribution in [0.3, 0.4) is 0 Å². The van der Waals surface area contributed by atoms with Gasteiger partial charge in [0.05, 0.1) is 29.1 Å². The van der Waals surface area contributed by atoms with Crippen LogP contribution in [0.2, 0.25) is 5.02 Å². The molecule has 1 N–H and O–H groups in total. The van der Waals surface area contributed by atoms with Crippen molar-refractivity contribution in [3.05, 3.63) is 107 Å². The van der Waals surface area contributed by atoms with E-state index in [9.17, 15) is 4.39 Å². The quantitative estimate of drug-likeness (QED) is 0.231. The molecular weight excluding hydrogens is 499 g/mol. The average molecular weight is 523 g/mol. The van der Waals surface area contributed by atoms with Crippen molar-refractivity contribution in [3.8, 4) is 11.4 Å². The number of pyridine rings is 1. The number of para-hydroxylation sites is 1. The molecule has 1 saturated heterocycles. The Labute approximate surface area is 219 Å². The van der Waals surface area contributed by atoms with Gasteiger partial charge in [0.2, 0.25) is 0 Å². The Balaban J connectivity index is 1.59. The highest BCUT2D eigenvalue weighted by Gasteiger charge is 2.42. The number of methoxy groups -OCH3 is 1. The van der Waals surface area contributed by atoms with Gasteiger partial charge in [0, 0.05) is 30.9 Å². The first kappa shape index (κ1) is 24.2. The highest BCUT2D eigenvalue weighted by atomic mass is 35.5.